The van der Waals surface area contributed by atoms with Crippen molar-refractivity contribution in [1.29, 1.82) is 0 Å². The van der Waals surface area contributed by atoms with E-state index in [-0.39, 0.29) is 23.7 Å². The van der Waals surface area contributed by atoms with Crippen LogP contribution >= 0.6 is 0 Å². The summed E-state index contributed by atoms with van der Waals surface area (Å²) in [6, 6.07) is 7.54. The third kappa shape index (κ3) is 5.09. The fourth-order valence-electron chi connectivity index (χ4n) is 4.47. The molecule has 9 heteroatoms. The molecule has 2 aromatic rings. The highest BCUT2D eigenvalue weighted by atomic mass is 16.5. The molecular weight excluding hydrogens is 412 g/mol. The molecule has 4 rings (SSSR count). The number of carbonyl (C=O) groups is 2. The monoisotopic (exact) mass is 442 g/mol. The van der Waals surface area contributed by atoms with Crippen LogP contribution in [0.15, 0.2) is 28.8 Å². The maximum Gasteiger partial charge on any atom is 0.308 e. The largest absolute Gasteiger partial charge is 0.497 e. The van der Waals surface area contributed by atoms with Crippen LogP contribution in [0.25, 0.3) is 11.4 Å². The molecule has 2 saturated heterocycles. The first kappa shape index (κ1) is 22.3. The fourth-order valence-corrected chi connectivity index (χ4v) is 4.47. The van der Waals surface area contributed by atoms with E-state index in [0.717, 1.165) is 37.2 Å². The lowest BCUT2D eigenvalue weighted by Crippen LogP contribution is -2.46. The summed E-state index contributed by atoms with van der Waals surface area (Å²) in [6.07, 6.45) is 3.00. The van der Waals surface area contributed by atoms with Crippen LogP contribution < -0.4 is 4.74 Å². The van der Waals surface area contributed by atoms with Crippen LogP contribution in [-0.2, 0) is 20.9 Å². The quantitative estimate of drug-likeness (QED) is 0.629. The minimum Gasteiger partial charge on any atom is -0.497 e. The highest BCUT2D eigenvalue weighted by molar-refractivity contribution is 5.79. The predicted octanol–water partition coefficient (Wildman–Crippen LogP) is 2.37. The van der Waals surface area contributed by atoms with Gasteiger partial charge in [-0.15, -0.1) is 0 Å². The van der Waals surface area contributed by atoms with Gasteiger partial charge in [-0.05, 0) is 63.0 Å². The number of methoxy groups -OCH3 is 2. The normalized spacial score (nSPS) is 18.5. The summed E-state index contributed by atoms with van der Waals surface area (Å²) in [7, 11) is 3.05. The number of aromatic nitrogens is 2. The molecule has 0 radical (unpaired) electrons. The van der Waals surface area contributed by atoms with Crippen molar-refractivity contribution in [2.45, 2.75) is 32.2 Å². The highest BCUT2D eigenvalue weighted by Gasteiger charge is 2.33. The maximum atomic E-state index is 12.9. The molecule has 9 nitrogen and oxygen atoms in total. The zero-order valence-corrected chi connectivity index (χ0v) is 18.7. The number of piperidine rings is 2. The van der Waals surface area contributed by atoms with Gasteiger partial charge in [-0.2, -0.15) is 4.98 Å². The van der Waals surface area contributed by atoms with Gasteiger partial charge in [0.15, 0.2) is 0 Å². The van der Waals surface area contributed by atoms with Crippen molar-refractivity contribution in [3.63, 3.8) is 0 Å². The second kappa shape index (κ2) is 10.1. The number of rotatable bonds is 6. The molecule has 2 aliphatic rings. The van der Waals surface area contributed by atoms with Crippen molar-refractivity contribution in [2.24, 2.45) is 11.8 Å². The third-order valence-electron chi connectivity index (χ3n) is 6.45. The predicted molar refractivity (Wildman–Crippen MR) is 116 cm³/mol. The summed E-state index contributed by atoms with van der Waals surface area (Å²) >= 11 is 0. The molecule has 32 heavy (non-hydrogen) atoms. The first-order valence-corrected chi connectivity index (χ1v) is 11.1. The van der Waals surface area contributed by atoms with Gasteiger partial charge >= 0.3 is 5.97 Å². The van der Waals surface area contributed by atoms with Crippen molar-refractivity contribution in [3.8, 4) is 17.1 Å². The standard InChI is InChI=1S/C23H30N4O5/c1-30-19-5-3-16(4-6-19)21-24-20(32-25-21)15-26-11-7-17(8-12-26)22(28)27-13-9-18(10-14-27)23(29)31-2/h3-6,17-18H,7-15H2,1-2H3. The van der Waals surface area contributed by atoms with Gasteiger partial charge in [0, 0.05) is 24.6 Å². The van der Waals surface area contributed by atoms with Crippen molar-refractivity contribution < 1.29 is 23.6 Å². The zero-order valence-electron chi connectivity index (χ0n) is 18.7. The van der Waals surface area contributed by atoms with Crippen LogP contribution in [0.4, 0.5) is 0 Å². The Morgan fingerprint density at radius 1 is 1.00 bits per heavy atom. The van der Waals surface area contributed by atoms with Gasteiger partial charge in [-0.1, -0.05) is 5.16 Å². The van der Waals surface area contributed by atoms with E-state index in [1.807, 2.05) is 29.2 Å². The minimum atomic E-state index is -0.165. The Kier molecular flexibility index (Phi) is 7.04. The van der Waals surface area contributed by atoms with E-state index in [9.17, 15) is 9.59 Å². The molecule has 1 aromatic heterocycles. The number of hydrogen-bond acceptors (Lipinski definition) is 8. The van der Waals surface area contributed by atoms with E-state index in [0.29, 0.717) is 44.2 Å². The Morgan fingerprint density at radius 3 is 2.28 bits per heavy atom. The summed E-state index contributed by atoms with van der Waals surface area (Å²) in [5, 5.41) is 4.09. The molecule has 2 aliphatic heterocycles. The molecule has 0 atom stereocenters. The molecule has 0 spiro atoms. The number of ether oxygens (including phenoxy) is 2. The van der Waals surface area contributed by atoms with Gasteiger partial charge in [0.25, 0.3) is 0 Å². The summed E-state index contributed by atoms with van der Waals surface area (Å²) in [4.78, 5) is 33.3. The molecular formula is C23H30N4O5. The second-order valence-corrected chi connectivity index (χ2v) is 8.41. The van der Waals surface area contributed by atoms with E-state index in [2.05, 4.69) is 15.0 Å². The number of hydrogen-bond donors (Lipinski definition) is 0. The third-order valence-corrected chi connectivity index (χ3v) is 6.45. The molecule has 1 aromatic carbocycles. The van der Waals surface area contributed by atoms with Crippen LogP contribution in [0.1, 0.15) is 31.6 Å². The van der Waals surface area contributed by atoms with Crippen molar-refractivity contribution in [1.82, 2.24) is 19.9 Å². The molecule has 0 bridgehead atoms. The first-order chi connectivity index (χ1) is 15.6. The number of likely N-dealkylation sites (tertiary alicyclic amines) is 2. The van der Waals surface area contributed by atoms with Gasteiger partial charge in [0.2, 0.25) is 17.6 Å². The molecule has 0 N–H and O–H groups in total. The van der Waals surface area contributed by atoms with Gasteiger partial charge in [-0.25, -0.2) is 0 Å². The average molecular weight is 443 g/mol. The summed E-state index contributed by atoms with van der Waals surface area (Å²) in [5.74, 6) is 1.92. The Labute approximate surface area is 187 Å². The van der Waals surface area contributed by atoms with E-state index >= 15 is 0 Å². The number of amides is 1. The first-order valence-electron chi connectivity index (χ1n) is 11.1. The SMILES string of the molecule is COC(=O)C1CCN(C(=O)C2CCN(Cc3nc(-c4ccc(OC)cc4)no3)CC2)CC1. The smallest absolute Gasteiger partial charge is 0.308 e. The number of nitrogens with zero attached hydrogens (tertiary/aromatic N) is 4. The van der Waals surface area contributed by atoms with Gasteiger partial charge in [-0.3, -0.25) is 14.5 Å². The highest BCUT2D eigenvalue weighted by Crippen LogP contribution is 2.25. The molecule has 2 fully saturated rings. The summed E-state index contributed by atoms with van der Waals surface area (Å²) in [6.45, 7) is 3.48. The second-order valence-electron chi connectivity index (χ2n) is 8.41. The van der Waals surface area contributed by atoms with E-state index in [1.165, 1.54) is 7.11 Å². The van der Waals surface area contributed by atoms with Crippen LogP contribution in [-0.4, -0.2) is 72.2 Å². The van der Waals surface area contributed by atoms with Gasteiger partial charge in [0.05, 0.1) is 26.7 Å². The Bertz CT molecular complexity index is 913. The molecule has 1 amide bonds. The van der Waals surface area contributed by atoms with E-state index in [1.54, 1.807) is 7.11 Å². The van der Waals surface area contributed by atoms with Crippen molar-refractivity contribution in [3.05, 3.63) is 30.2 Å². The topological polar surface area (TPSA) is 98.0 Å². The van der Waals surface area contributed by atoms with E-state index < -0.39 is 0 Å². The maximum absolute atomic E-state index is 12.9. The number of carbonyl (C=O) groups excluding carboxylic acids is 2. The Hall–Kier alpha value is -2.94. The van der Waals surface area contributed by atoms with Crippen LogP contribution in [0.5, 0.6) is 5.75 Å². The lowest BCUT2D eigenvalue weighted by molar-refractivity contribution is -0.150. The Balaban J connectivity index is 1.24. The Morgan fingerprint density at radius 2 is 1.66 bits per heavy atom. The van der Waals surface area contributed by atoms with Crippen LogP contribution in [0, 0.1) is 11.8 Å². The van der Waals surface area contributed by atoms with Crippen molar-refractivity contribution in [2.75, 3.05) is 40.4 Å². The lowest BCUT2D eigenvalue weighted by atomic mass is 9.92. The molecule has 172 valence electrons. The molecule has 0 aliphatic carbocycles. The zero-order chi connectivity index (χ0) is 22.5. The average Bonchev–Trinajstić information content (AvgIpc) is 3.32. The van der Waals surface area contributed by atoms with Crippen molar-refractivity contribution >= 4 is 11.9 Å². The molecule has 0 saturated carbocycles. The summed E-state index contributed by atoms with van der Waals surface area (Å²) in [5.41, 5.74) is 0.876. The minimum absolute atomic E-state index is 0.0403. The number of esters is 1. The van der Waals surface area contributed by atoms with Gasteiger partial charge < -0.3 is 18.9 Å². The fraction of sp³-hybridized carbons (Fsp3) is 0.565. The van der Waals surface area contributed by atoms with Gasteiger partial charge in [0.1, 0.15) is 5.75 Å². The van der Waals surface area contributed by atoms with Crippen LogP contribution in [0.2, 0.25) is 0 Å². The number of benzene rings is 1. The summed E-state index contributed by atoms with van der Waals surface area (Å²) < 4.78 is 15.4. The van der Waals surface area contributed by atoms with Crippen LogP contribution in [0.3, 0.4) is 0 Å². The van der Waals surface area contributed by atoms with E-state index in [4.69, 9.17) is 14.0 Å². The molecule has 3 heterocycles. The lowest BCUT2D eigenvalue weighted by Gasteiger charge is -2.36. The molecule has 0 unspecified atom stereocenters.